The van der Waals surface area contributed by atoms with E-state index in [0.29, 0.717) is 56.6 Å². The minimum Gasteiger partial charge on any atom is -0.372 e. The van der Waals surface area contributed by atoms with Crippen LogP contribution in [0.2, 0.25) is 0 Å². The number of halogens is 2. The second kappa shape index (κ2) is 12.5. The van der Waals surface area contributed by atoms with E-state index in [1.165, 1.54) is 24.0 Å². The molecule has 40 heavy (non-hydrogen) atoms. The number of nitro benzene ring substituents is 1. The number of carbonyl (C=O) groups excluding carboxylic acids is 3. The maximum atomic E-state index is 12.7. The fourth-order valence-corrected chi connectivity index (χ4v) is 5.61. The number of hydrogen-bond acceptors (Lipinski definition) is 8. The molecule has 1 N–H and O–H groups in total. The molecule has 1 aliphatic heterocycles. The van der Waals surface area contributed by atoms with E-state index < -0.39 is 4.92 Å². The van der Waals surface area contributed by atoms with Gasteiger partial charge in [0.15, 0.2) is 0 Å². The standard InChI is InChI=1S/C27H24Br2N6O5/c1-3-33(11-6-12-34-26(37)19-7-4-5-8-20(19)27(34)38)17-9-10-23(24(15-17)30-16(2)36)31-32-25-21(28)13-18(35(39)40)14-22(25)29/h4-5,7-10,13-15H,3,6,11-12H2,1-2H3,(H,30,36)/b32-31+. The van der Waals surface area contributed by atoms with Gasteiger partial charge in [-0.05, 0) is 75.5 Å². The smallest absolute Gasteiger partial charge is 0.271 e. The third-order valence-electron chi connectivity index (χ3n) is 6.20. The van der Waals surface area contributed by atoms with Gasteiger partial charge in [-0.25, -0.2) is 0 Å². The van der Waals surface area contributed by atoms with Gasteiger partial charge in [-0.15, -0.1) is 10.2 Å². The first-order chi connectivity index (χ1) is 19.1. The zero-order chi connectivity index (χ0) is 29.0. The lowest BCUT2D eigenvalue weighted by atomic mass is 10.1. The first kappa shape index (κ1) is 29.0. The van der Waals surface area contributed by atoms with Gasteiger partial charge in [0.05, 0.1) is 30.7 Å². The van der Waals surface area contributed by atoms with E-state index in [2.05, 4.69) is 52.3 Å². The van der Waals surface area contributed by atoms with Crippen molar-refractivity contribution in [1.82, 2.24) is 4.90 Å². The molecule has 0 unspecified atom stereocenters. The number of imide groups is 1. The van der Waals surface area contributed by atoms with Crippen molar-refractivity contribution >= 4 is 78.0 Å². The average molecular weight is 672 g/mol. The summed E-state index contributed by atoms with van der Waals surface area (Å²) >= 11 is 6.59. The predicted octanol–water partition coefficient (Wildman–Crippen LogP) is 7.01. The fraction of sp³-hybridized carbons (Fsp3) is 0.222. The molecule has 0 saturated carbocycles. The number of carbonyl (C=O) groups is 3. The normalized spacial score (nSPS) is 12.7. The molecule has 1 heterocycles. The van der Waals surface area contributed by atoms with Crippen LogP contribution < -0.4 is 10.2 Å². The van der Waals surface area contributed by atoms with E-state index in [4.69, 9.17) is 0 Å². The van der Waals surface area contributed by atoms with E-state index >= 15 is 0 Å². The van der Waals surface area contributed by atoms with Crippen molar-refractivity contribution in [3.05, 3.63) is 84.8 Å². The lowest BCUT2D eigenvalue weighted by molar-refractivity contribution is -0.385. The van der Waals surface area contributed by atoms with Crippen molar-refractivity contribution in [3.63, 3.8) is 0 Å². The van der Waals surface area contributed by atoms with Crippen LogP contribution in [0.1, 0.15) is 41.0 Å². The molecule has 0 spiro atoms. The molecule has 4 rings (SSSR count). The Bertz CT molecular complexity index is 1490. The van der Waals surface area contributed by atoms with Crippen LogP contribution in [0.25, 0.3) is 0 Å². The largest absolute Gasteiger partial charge is 0.372 e. The first-order valence-corrected chi connectivity index (χ1v) is 13.9. The molecule has 13 heteroatoms. The Balaban J connectivity index is 1.50. The SMILES string of the molecule is CCN(CCCN1C(=O)c2ccccc2C1=O)c1ccc(/N=N/c2c(Br)cc([N+](=O)[O-])cc2Br)c(NC(C)=O)c1. The fourth-order valence-electron chi connectivity index (χ4n) is 4.29. The van der Waals surface area contributed by atoms with Gasteiger partial charge in [-0.3, -0.25) is 29.4 Å². The molecule has 11 nitrogen and oxygen atoms in total. The van der Waals surface area contributed by atoms with Crippen LogP contribution in [0, 0.1) is 10.1 Å². The second-order valence-electron chi connectivity index (χ2n) is 8.84. The Morgan fingerprint density at radius 1 is 1.02 bits per heavy atom. The molecule has 0 atom stereocenters. The zero-order valence-corrected chi connectivity index (χ0v) is 24.7. The number of rotatable bonds is 10. The number of nitrogens with one attached hydrogen (secondary N) is 1. The summed E-state index contributed by atoms with van der Waals surface area (Å²) in [7, 11) is 0. The molecule has 0 aromatic heterocycles. The molecule has 3 aromatic carbocycles. The summed E-state index contributed by atoms with van der Waals surface area (Å²) in [6.45, 7) is 4.86. The first-order valence-electron chi connectivity index (χ1n) is 12.3. The van der Waals surface area contributed by atoms with Gasteiger partial charge >= 0.3 is 0 Å². The number of anilines is 2. The monoisotopic (exact) mass is 670 g/mol. The lowest BCUT2D eigenvalue weighted by Crippen LogP contribution is -2.33. The van der Waals surface area contributed by atoms with Gasteiger partial charge in [-0.2, -0.15) is 0 Å². The van der Waals surface area contributed by atoms with Gasteiger partial charge in [0, 0.05) is 44.4 Å². The van der Waals surface area contributed by atoms with E-state index in [9.17, 15) is 24.5 Å². The molecule has 0 radical (unpaired) electrons. The Labute approximate surface area is 246 Å². The van der Waals surface area contributed by atoms with Crippen molar-refractivity contribution in [2.45, 2.75) is 20.3 Å². The highest BCUT2D eigenvalue weighted by Crippen LogP contribution is 2.39. The number of nitrogens with zero attached hydrogens (tertiary/aromatic N) is 5. The van der Waals surface area contributed by atoms with Gasteiger partial charge in [0.1, 0.15) is 11.4 Å². The van der Waals surface area contributed by atoms with Crippen molar-refractivity contribution in [1.29, 1.82) is 0 Å². The van der Waals surface area contributed by atoms with E-state index in [1.54, 1.807) is 36.4 Å². The second-order valence-corrected chi connectivity index (χ2v) is 10.5. The molecule has 3 amide bonds. The van der Waals surface area contributed by atoms with Crippen LogP contribution in [0.15, 0.2) is 73.8 Å². The summed E-state index contributed by atoms with van der Waals surface area (Å²) in [6.07, 6.45) is 0.554. The Morgan fingerprint density at radius 3 is 2.20 bits per heavy atom. The van der Waals surface area contributed by atoms with Crippen LogP contribution in [0.4, 0.5) is 28.4 Å². The van der Waals surface area contributed by atoms with Crippen LogP contribution in [-0.2, 0) is 4.79 Å². The minimum absolute atomic E-state index is 0.108. The molecule has 206 valence electrons. The van der Waals surface area contributed by atoms with Crippen LogP contribution in [0.3, 0.4) is 0 Å². The van der Waals surface area contributed by atoms with Crippen LogP contribution in [-0.4, -0.2) is 47.2 Å². The lowest BCUT2D eigenvalue weighted by Gasteiger charge is -2.25. The summed E-state index contributed by atoms with van der Waals surface area (Å²) in [4.78, 5) is 51.2. The number of fused-ring (bicyclic) bond motifs is 1. The number of hydrogen-bond donors (Lipinski definition) is 1. The van der Waals surface area contributed by atoms with Gasteiger partial charge < -0.3 is 10.2 Å². The van der Waals surface area contributed by atoms with Gasteiger partial charge in [0.2, 0.25) is 5.91 Å². The Morgan fingerprint density at radius 2 is 1.65 bits per heavy atom. The van der Waals surface area contributed by atoms with E-state index in [1.807, 2.05) is 13.0 Å². The Kier molecular flexibility index (Phi) is 9.05. The highest BCUT2D eigenvalue weighted by atomic mass is 79.9. The number of amides is 3. The molecule has 3 aromatic rings. The maximum absolute atomic E-state index is 12.7. The number of azo groups is 1. The summed E-state index contributed by atoms with van der Waals surface area (Å²) < 4.78 is 0.760. The molecule has 0 saturated heterocycles. The summed E-state index contributed by atoms with van der Waals surface area (Å²) in [5.74, 6) is -0.852. The summed E-state index contributed by atoms with van der Waals surface area (Å²) in [5.41, 5.74) is 2.73. The third-order valence-corrected chi connectivity index (χ3v) is 7.40. The molecular formula is C27H24Br2N6O5. The van der Waals surface area contributed by atoms with Crippen molar-refractivity contribution in [3.8, 4) is 0 Å². The van der Waals surface area contributed by atoms with Crippen LogP contribution in [0.5, 0.6) is 0 Å². The quantitative estimate of drug-likeness (QED) is 0.107. The van der Waals surface area contributed by atoms with Crippen molar-refractivity contribution in [2.24, 2.45) is 10.2 Å². The molecule has 0 bridgehead atoms. The van der Waals surface area contributed by atoms with Crippen molar-refractivity contribution in [2.75, 3.05) is 29.9 Å². The van der Waals surface area contributed by atoms with Crippen LogP contribution >= 0.6 is 31.9 Å². The zero-order valence-electron chi connectivity index (χ0n) is 21.6. The predicted molar refractivity (Wildman–Crippen MR) is 158 cm³/mol. The third kappa shape index (κ3) is 6.26. The van der Waals surface area contributed by atoms with Crippen molar-refractivity contribution < 1.29 is 19.3 Å². The van der Waals surface area contributed by atoms with Gasteiger partial charge in [0.25, 0.3) is 17.5 Å². The number of nitro groups is 1. The maximum Gasteiger partial charge on any atom is 0.271 e. The number of benzene rings is 3. The Hall–Kier alpha value is -3.97. The molecule has 0 aliphatic carbocycles. The number of non-ortho nitro benzene ring substituents is 1. The highest BCUT2D eigenvalue weighted by Gasteiger charge is 2.34. The summed E-state index contributed by atoms with van der Waals surface area (Å²) in [6, 6.07) is 14.8. The topological polar surface area (TPSA) is 138 Å². The summed E-state index contributed by atoms with van der Waals surface area (Å²) in [5, 5.41) is 22.4. The molecule has 1 aliphatic rings. The average Bonchev–Trinajstić information content (AvgIpc) is 3.15. The van der Waals surface area contributed by atoms with E-state index in [-0.39, 0.29) is 30.0 Å². The van der Waals surface area contributed by atoms with Gasteiger partial charge in [-0.1, -0.05) is 12.1 Å². The highest BCUT2D eigenvalue weighted by molar-refractivity contribution is 9.11. The molecular weight excluding hydrogens is 648 g/mol. The molecule has 0 fully saturated rings. The van der Waals surface area contributed by atoms with E-state index in [0.717, 1.165) is 5.69 Å². The minimum atomic E-state index is -0.511.